The lowest BCUT2D eigenvalue weighted by Crippen LogP contribution is -2.56. The lowest BCUT2D eigenvalue weighted by atomic mass is 10.1. The molecule has 53 nitrogen and oxygen atoms in total. The molecule has 7 aliphatic heterocycles. The normalized spacial score (nSPS) is 19.8. The molecule has 2 bridgehead atoms. The average Bonchev–Trinajstić information content (AvgIpc) is 1.30. The maximum absolute atomic E-state index is 12.3. The van der Waals surface area contributed by atoms with Crippen molar-refractivity contribution < 1.29 is 211 Å². The minimum absolute atomic E-state index is 0. The second-order valence-electron chi connectivity index (χ2n) is 26.7. The van der Waals surface area contributed by atoms with E-state index in [2.05, 4.69) is 41.9 Å². The van der Waals surface area contributed by atoms with Gasteiger partial charge in [0.1, 0.15) is 72.6 Å². The van der Waals surface area contributed by atoms with E-state index in [1.165, 1.54) is 85.4 Å². The largest absolute Gasteiger partial charge is 0.480 e. The number of carboxylic acids is 14. The van der Waals surface area contributed by atoms with Gasteiger partial charge in [-0.3, -0.25) is 92.5 Å². The number of aliphatic carboxylic acids is 14. The quantitative estimate of drug-likeness (QED) is 0.0180. The molecule has 0 radical (unpaired) electrons. The molecule has 4 amide bonds. The molecule has 0 saturated carbocycles. The first-order valence-corrected chi connectivity index (χ1v) is 58.6. The monoisotopic (exact) mass is 2410 g/mol. The molecule has 25 N–H and O–H groups in total. The fourth-order valence-corrected chi connectivity index (χ4v) is 27.0. The number of aliphatic imine (C=N–C) groups is 2. The number of carbonyl (C=O) groups excluding carboxylic acids is 12. The first-order chi connectivity index (χ1) is 65.1. The zero-order valence-electron chi connectivity index (χ0n) is 74.0. The summed E-state index contributed by atoms with van der Waals surface area (Å²) in [6.45, 7) is 8.54. The molecule has 7 aliphatic rings. The van der Waals surface area contributed by atoms with Gasteiger partial charge in [0.15, 0.2) is 26.5 Å². The number of Topliss-reactive ketones (excluding diaryl/α,β-unsaturated/α-hetero) is 6. The van der Waals surface area contributed by atoms with E-state index >= 15 is 0 Å². The van der Waals surface area contributed by atoms with E-state index in [9.17, 15) is 135 Å². The first kappa shape index (κ1) is 156. The Labute approximate surface area is 907 Å². The topological polar surface area (TPSA) is 915 Å². The summed E-state index contributed by atoms with van der Waals surface area (Å²) >= 11 is 6.34. The second kappa shape index (κ2) is 84.1. The highest BCUT2D eigenvalue weighted by Crippen LogP contribution is 2.50. The third-order valence-electron chi connectivity index (χ3n) is 15.4. The van der Waals surface area contributed by atoms with Crippen molar-refractivity contribution in [2.75, 3.05) is 124 Å². The van der Waals surface area contributed by atoms with E-state index in [-0.39, 0.29) is 151 Å². The Kier molecular flexibility index (Phi) is 90.0. The number of nitrogens with zero attached hydrogens (tertiary/aromatic N) is 2. The van der Waals surface area contributed by atoms with Gasteiger partial charge in [0.25, 0.3) is 17.3 Å². The fourth-order valence-electron chi connectivity index (χ4n) is 7.94. The Morgan fingerprint density at radius 2 is 0.911 bits per heavy atom. The third kappa shape index (κ3) is 69.1. The van der Waals surface area contributed by atoms with E-state index in [0.29, 0.717) is 40.9 Å². The van der Waals surface area contributed by atoms with Gasteiger partial charge in [-0.15, -0.1) is 47.0 Å². The maximum atomic E-state index is 12.3. The molecule has 838 valence electrons. The van der Waals surface area contributed by atoms with Crippen molar-refractivity contribution in [1.82, 2.24) is 31.9 Å². The Morgan fingerprint density at radius 3 is 1.25 bits per heavy atom. The van der Waals surface area contributed by atoms with Crippen LogP contribution in [0.1, 0.15) is 105 Å². The predicted molar refractivity (Wildman–Crippen MR) is 575 cm³/mol. The van der Waals surface area contributed by atoms with Crippen molar-refractivity contribution in [2.45, 2.75) is 173 Å². The zero-order valence-corrected chi connectivity index (χ0v) is 87.9. The highest BCUT2D eigenvalue weighted by atomic mass is 33.1. The van der Waals surface area contributed by atoms with Gasteiger partial charge in [-0.1, -0.05) is 181 Å². The van der Waals surface area contributed by atoms with Crippen LogP contribution in [0.3, 0.4) is 0 Å². The summed E-state index contributed by atoms with van der Waals surface area (Å²) in [5.41, 5.74) is 10.5. The Hall–Kier alpha value is -7.49. The zero-order chi connectivity index (χ0) is 108. The molecule has 7 heterocycles. The number of nitrogens with one attached hydrogen (secondary N) is 6. The lowest BCUT2D eigenvalue weighted by molar-refractivity contribution is -0.164. The fraction of sp³-hybridized carbons (Fsp3) is 0.632. The van der Waals surface area contributed by atoms with Crippen molar-refractivity contribution in [2.24, 2.45) is 21.5 Å². The summed E-state index contributed by atoms with van der Waals surface area (Å²) in [4.78, 5) is 284. The van der Waals surface area contributed by atoms with Gasteiger partial charge < -0.3 is 124 Å². The van der Waals surface area contributed by atoms with Crippen molar-refractivity contribution in [3.63, 3.8) is 0 Å². The molecule has 0 aromatic heterocycles. The smallest absolute Gasteiger partial charge is 0.373 e. The van der Waals surface area contributed by atoms with Crippen LogP contribution in [0.4, 0.5) is 0 Å². The van der Waals surface area contributed by atoms with E-state index < -0.39 is 223 Å². The maximum Gasteiger partial charge on any atom is 0.373 e. The number of carboxylic acid groups (broad SMARTS) is 14. The van der Waals surface area contributed by atoms with Gasteiger partial charge in [-0.2, -0.15) is 11.8 Å². The number of esters is 2. The molecule has 70 heteroatoms. The number of hydrogen-bond acceptors (Lipinski definition) is 52. The molecular weight excluding hydrogens is 2290 g/mol. The molecular formula is C76H124N10O43S17. The molecule has 5 fully saturated rings. The van der Waals surface area contributed by atoms with Gasteiger partial charge in [-0.25, -0.2) is 47.9 Å². The number of thioether (sulfide) groups is 5. The molecule has 7 rings (SSSR count). The van der Waals surface area contributed by atoms with Crippen LogP contribution in [0.15, 0.2) is 9.98 Å². The van der Waals surface area contributed by atoms with E-state index in [0.717, 1.165) is 117 Å². The summed E-state index contributed by atoms with van der Waals surface area (Å²) in [7, 11) is 13.3. The second-order valence-corrected chi connectivity index (χ2v) is 47.9. The lowest BCUT2D eigenvalue weighted by Gasteiger charge is -2.45. The van der Waals surface area contributed by atoms with Crippen LogP contribution in [-0.2, 0) is 134 Å². The van der Waals surface area contributed by atoms with Crippen LogP contribution in [0.25, 0.3) is 0 Å². The molecule has 0 aromatic rings. The van der Waals surface area contributed by atoms with Gasteiger partial charge in [0.2, 0.25) is 34.3 Å². The molecule has 0 aliphatic carbocycles. The van der Waals surface area contributed by atoms with Gasteiger partial charge in [-0.05, 0) is 33.4 Å². The van der Waals surface area contributed by atoms with Crippen LogP contribution in [0.5, 0.6) is 0 Å². The summed E-state index contributed by atoms with van der Waals surface area (Å²) in [5, 5.41) is 145. The van der Waals surface area contributed by atoms with Crippen LogP contribution >= 0.6 is 188 Å². The number of ketones is 6. The minimum atomic E-state index is -1.54. The van der Waals surface area contributed by atoms with Crippen LogP contribution in [-0.4, -0.2) is 434 Å². The summed E-state index contributed by atoms with van der Waals surface area (Å²) < 4.78 is 9.73. The molecule has 12 atom stereocenters. The number of carbonyl (C=O) groups is 26. The van der Waals surface area contributed by atoms with Gasteiger partial charge in [0, 0.05) is 90.0 Å². The van der Waals surface area contributed by atoms with Crippen molar-refractivity contribution in [1.29, 1.82) is 0 Å². The first-order valence-electron chi connectivity index (χ1n) is 38.4. The molecule has 0 spiro atoms. The van der Waals surface area contributed by atoms with Crippen LogP contribution < -0.4 is 43.4 Å². The van der Waals surface area contributed by atoms with Crippen molar-refractivity contribution >= 4 is 354 Å². The average molecular weight is 2410 g/mol. The third-order valence-corrected chi connectivity index (χ3v) is 36.3. The molecule has 146 heavy (non-hydrogen) atoms. The van der Waals surface area contributed by atoms with E-state index in [1.54, 1.807) is 20.1 Å². The minimum Gasteiger partial charge on any atom is -0.480 e. The number of ether oxygens (including phenoxy) is 2. The summed E-state index contributed by atoms with van der Waals surface area (Å²) in [5.74, 6) is -21.6. The SMILES string of the molecule is C.C.C.C.C.C.CC(=O)N[C@@H](CSSCC(=O)C(=O)O)C(=O)O.CC12CSC(O)(CS1)C(=O)O2.CCC(C)=O.CCOC(=O)CNC(=O)C(CSSCC(=O)C(C)=O)NC(=O)CCC(N)C(=O)O.CSCC1(C(=O)O)N[C@H](C(=O)O)CS1.NC(CSSCC1(C(=O)O)NC(C(=O)O)CS1)C(=O)O.O=C(O)C(=O)CSSCC(=O)C(=O)O.O=C(O)C1=N[C@H](C(=O)O)CSSC1.O=C(O)CNC(=O)[C@@H]1CSSCC(C(=O)O)=N1. The van der Waals surface area contributed by atoms with Crippen molar-refractivity contribution in [3.8, 4) is 0 Å². The number of rotatable bonds is 49. The highest BCUT2D eigenvalue weighted by Gasteiger charge is 2.55. The Bertz CT molecular complexity index is 4410. The van der Waals surface area contributed by atoms with Crippen LogP contribution in [0, 0.1) is 0 Å². The summed E-state index contributed by atoms with van der Waals surface area (Å²) in [6, 6.07) is -7.76. The number of hydrogen-bond donors (Lipinski definition) is 23. The predicted octanol–water partition coefficient (Wildman–Crippen LogP) is 2.50. The van der Waals surface area contributed by atoms with Gasteiger partial charge >= 0.3 is 95.5 Å². The van der Waals surface area contributed by atoms with Crippen LogP contribution in [0.2, 0.25) is 0 Å². The molecule has 0 aromatic carbocycles. The molecule has 8 unspecified atom stereocenters. The van der Waals surface area contributed by atoms with Gasteiger partial charge in [0.05, 0.1) is 41.1 Å². The van der Waals surface area contributed by atoms with E-state index in [4.69, 9.17) is 87.3 Å². The Balaban J connectivity index is -0.000000210. The standard InChI is InChI=1S/C16H25N3O8S2.C9H14N2O6S3.C8H10N2O5S2.C8H11NO6S2.C7H11NO4S2.C6H7NO4S2.C6H6O6S2.C6H8O3S2.C4H8O.6CH4/c1-3-27-14(23)6-18-15(24)11(7-28-29-8-12(21)9(2)20)19-13(22)5-4-10(17)16(25)26;10-4(6(12)13)1-19-20-3-9(8(16)17)11-5(2-18-9)7(14)15;11-6(12)1-9-7(13)4-2-16-17-3-5(10-4)8(14)15;1-4(10)9-5(7(12)13)2-16-17-3-6(11)8(14)15;1-13-3-7(6(11)12)8-4(2-14-7)5(9)10;8-5(9)3-1-12-13-2-4(7-3)6(10)11;7-3(5(9)10)1-13-14-2-4(8)6(11)12;1-5-2-11-6(8,3-10-5)4(7)9-5;1-3-4(2)5;;;;;;/h10-11H,3-8,17H2,1-2H3,(H,18,24)(H,19,22)(H,25,26);4-5,11H,1-3,10H2,(H,12,13)(H,14,15)(H,16,17);4H,1-3H2,(H,9,13)(H,11,12)(H,14,15);5H,2-3H2,1H3,(H,9,10)(H,12,13)(H,14,15);4,8H,2-3H2,1H3,(H,9,10)(H,11,12);3H,1-2H2,(H,8,9)(H,10,11);1-2H2,(H,9,10)(H,11,12);8H,2-3H2,1H3;3H2,1-2H3;6*1H4/t;;4-;5-;4-,7?;3-;;;;;;;;;/m..0000........./s1. The number of nitrogens with two attached hydrogens (primary N) is 2. The summed E-state index contributed by atoms with van der Waals surface area (Å²) in [6.07, 6.45) is 2.13. The van der Waals surface area contributed by atoms with Crippen molar-refractivity contribution in [3.05, 3.63) is 0 Å². The molecule has 5 saturated heterocycles. The van der Waals surface area contributed by atoms with E-state index in [1.807, 2.05) is 13.8 Å². The number of fused-ring (bicyclic) bond motifs is 3. The number of aliphatic hydroxyl groups is 1. The highest BCUT2D eigenvalue weighted by molar-refractivity contribution is 8.78. The Morgan fingerprint density at radius 1 is 0.493 bits per heavy atom. The number of amides is 4.